The Bertz CT molecular complexity index is 977. The number of aromatic amines is 1. The molecule has 0 spiro atoms. The summed E-state index contributed by atoms with van der Waals surface area (Å²) >= 11 is 0. The summed E-state index contributed by atoms with van der Waals surface area (Å²) in [6, 6.07) is 22.1. The van der Waals surface area contributed by atoms with E-state index < -0.39 is 0 Å². The van der Waals surface area contributed by atoms with Gasteiger partial charge < -0.3 is 0 Å². The van der Waals surface area contributed by atoms with Crippen molar-refractivity contribution < 1.29 is 0 Å². The SMILES string of the molecule is Cc1cc(Cc2nnc(-c3ccccc3)c(-c3ccccc3)n2)n[nH]1. The lowest BCUT2D eigenvalue weighted by Gasteiger charge is -2.09. The van der Waals surface area contributed by atoms with Crippen LogP contribution in [0.1, 0.15) is 17.2 Å². The summed E-state index contributed by atoms with van der Waals surface area (Å²) in [6.07, 6.45) is 0.548. The molecule has 0 aliphatic heterocycles. The average molecular weight is 327 g/mol. The molecule has 2 aromatic carbocycles. The van der Waals surface area contributed by atoms with E-state index >= 15 is 0 Å². The van der Waals surface area contributed by atoms with Crippen LogP contribution in [-0.2, 0) is 6.42 Å². The molecule has 4 rings (SSSR count). The molecule has 0 fully saturated rings. The van der Waals surface area contributed by atoms with Crippen molar-refractivity contribution in [2.24, 2.45) is 0 Å². The zero-order chi connectivity index (χ0) is 17.1. The third-order valence-electron chi connectivity index (χ3n) is 3.92. The number of hydrogen-bond donors (Lipinski definition) is 1. The molecule has 0 aliphatic rings. The van der Waals surface area contributed by atoms with Crippen LogP contribution in [0.3, 0.4) is 0 Å². The van der Waals surface area contributed by atoms with Crippen LogP contribution in [0.5, 0.6) is 0 Å². The average Bonchev–Trinajstić information content (AvgIpc) is 3.08. The second-order valence-electron chi connectivity index (χ2n) is 5.88. The van der Waals surface area contributed by atoms with Crippen molar-refractivity contribution in [2.75, 3.05) is 0 Å². The largest absolute Gasteiger partial charge is 0.283 e. The molecule has 2 aromatic heterocycles. The van der Waals surface area contributed by atoms with Crippen LogP contribution in [0, 0.1) is 6.92 Å². The first-order valence-electron chi connectivity index (χ1n) is 8.15. The molecular weight excluding hydrogens is 310 g/mol. The van der Waals surface area contributed by atoms with Crippen molar-refractivity contribution in [3.05, 3.63) is 83.9 Å². The van der Waals surface area contributed by atoms with Gasteiger partial charge in [0.15, 0.2) is 5.82 Å². The number of nitrogens with one attached hydrogen (secondary N) is 1. The number of H-pyrrole nitrogens is 1. The first-order valence-corrected chi connectivity index (χ1v) is 8.15. The van der Waals surface area contributed by atoms with Gasteiger partial charge >= 0.3 is 0 Å². The van der Waals surface area contributed by atoms with Crippen LogP contribution in [0.15, 0.2) is 66.7 Å². The zero-order valence-corrected chi connectivity index (χ0v) is 13.8. The van der Waals surface area contributed by atoms with Gasteiger partial charge in [-0.2, -0.15) is 5.10 Å². The van der Waals surface area contributed by atoms with Crippen LogP contribution in [0.4, 0.5) is 0 Å². The summed E-state index contributed by atoms with van der Waals surface area (Å²) in [7, 11) is 0. The van der Waals surface area contributed by atoms with E-state index in [0.29, 0.717) is 12.2 Å². The smallest absolute Gasteiger partial charge is 0.157 e. The normalized spacial score (nSPS) is 10.8. The summed E-state index contributed by atoms with van der Waals surface area (Å²) in [4.78, 5) is 4.80. The summed E-state index contributed by atoms with van der Waals surface area (Å²) in [5.41, 5.74) is 5.58. The Balaban J connectivity index is 1.80. The molecule has 2 heterocycles. The summed E-state index contributed by atoms with van der Waals surface area (Å²) in [5.74, 6) is 0.657. The molecule has 0 saturated carbocycles. The molecule has 0 radical (unpaired) electrons. The van der Waals surface area contributed by atoms with Gasteiger partial charge in [-0.1, -0.05) is 60.7 Å². The van der Waals surface area contributed by atoms with Crippen LogP contribution < -0.4 is 0 Å². The molecule has 25 heavy (non-hydrogen) atoms. The van der Waals surface area contributed by atoms with Gasteiger partial charge in [0.1, 0.15) is 11.4 Å². The van der Waals surface area contributed by atoms with E-state index in [9.17, 15) is 0 Å². The second-order valence-corrected chi connectivity index (χ2v) is 5.88. The molecule has 0 bridgehead atoms. The van der Waals surface area contributed by atoms with Gasteiger partial charge in [0.25, 0.3) is 0 Å². The van der Waals surface area contributed by atoms with Crippen molar-refractivity contribution in [2.45, 2.75) is 13.3 Å². The molecule has 0 saturated heterocycles. The highest BCUT2D eigenvalue weighted by molar-refractivity contribution is 5.77. The standard InChI is InChI=1S/C20H17N5/c1-14-12-17(23-22-14)13-18-21-19(15-8-4-2-5-9-15)20(25-24-18)16-10-6-3-7-11-16/h2-12H,13H2,1H3,(H,22,23). The topological polar surface area (TPSA) is 67.3 Å². The molecule has 1 N–H and O–H groups in total. The van der Waals surface area contributed by atoms with Crippen molar-refractivity contribution >= 4 is 0 Å². The number of aryl methyl sites for hydroxylation is 1. The minimum absolute atomic E-state index is 0.548. The van der Waals surface area contributed by atoms with E-state index in [0.717, 1.165) is 33.9 Å². The Morgan fingerprint density at radius 2 is 1.44 bits per heavy atom. The molecule has 5 heteroatoms. The van der Waals surface area contributed by atoms with Crippen LogP contribution in [0.25, 0.3) is 22.5 Å². The first-order chi connectivity index (χ1) is 12.3. The molecule has 0 atom stereocenters. The van der Waals surface area contributed by atoms with Gasteiger partial charge in [-0.15, -0.1) is 10.2 Å². The number of benzene rings is 2. The molecular formula is C20H17N5. The van der Waals surface area contributed by atoms with Crippen LogP contribution >= 0.6 is 0 Å². The second kappa shape index (κ2) is 6.65. The Hall–Kier alpha value is -3.34. The van der Waals surface area contributed by atoms with E-state index in [2.05, 4.69) is 20.4 Å². The number of rotatable bonds is 4. The van der Waals surface area contributed by atoms with Crippen molar-refractivity contribution in [1.82, 2.24) is 25.4 Å². The molecule has 0 aliphatic carbocycles. The first kappa shape index (κ1) is 15.2. The molecule has 0 unspecified atom stereocenters. The van der Waals surface area contributed by atoms with E-state index in [1.54, 1.807) is 0 Å². The van der Waals surface area contributed by atoms with Crippen LogP contribution in [-0.4, -0.2) is 25.4 Å². The van der Waals surface area contributed by atoms with E-state index in [1.807, 2.05) is 73.7 Å². The number of nitrogens with zero attached hydrogens (tertiary/aromatic N) is 4. The number of hydrogen-bond acceptors (Lipinski definition) is 4. The van der Waals surface area contributed by atoms with Gasteiger partial charge in [0, 0.05) is 16.8 Å². The van der Waals surface area contributed by atoms with Crippen molar-refractivity contribution in [3.8, 4) is 22.5 Å². The molecule has 4 aromatic rings. The minimum Gasteiger partial charge on any atom is -0.283 e. The fraction of sp³-hybridized carbons (Fsp3) is 0.100. The predicted molar refractivity (Wildman–Crippen MR) is 96.8 cm³/mol. The molecule has 0 amide bonds. The Labute approximate surface area is 145 Å². The Kier molecular flexibility index (Phi) is 4.04. The maximum absolute atomic E-state index is 4.80. The lowest BCUT2D eigenvalue weighted by Crippen LogP contribution is -2.04. The lowest BCUT2D eigenvalue weighted by molar-refractivity contribution is 0.852. The molecule has 5 nitrogen and oxygen atoms in total. The van der Waals surface area contributed by atoms with Gasteiger partial charge in [0.2, 0.25) is 0 Å². The highest BCUT2D eigenvalue weighted by Gasteiger charge is 2.14. The maximum atomic E-state index is 4.80. The zero-order valence-electron chi connectivity index (χ0n) is 13.8. The van der Waals surface area contributed by atoms with E-state index in [-0.39, 0.29) is 0 Å². The highest BCUT2D eigenvalue weighted by Crippen LogP contribution is 2.28. The predicted octanol–water partition coefficient (Wildman–Crippen LogP) is 3.83. The lowest BCUT2D eigenvalue weighted by atomic mass is 10.0. The van der Waals surface area contributed by atoms with Gasteiger partial charge in [0.05, 0.1) is 12.1 Å². The Morgan fingerprint density at radius 1 is 0.800 bits per heavy atom. The molecule has 122 valence electrons. The maximum Gasteiger partial charge on any atom is 0.157 e. The fourth-order valence-corrected chi connectivity index (χ4v) is 2.75. The van der Waals surface area contributed by atoms with Crippen molar-refractivity contribution in [3.63, 3.8) is 0 Å². The number of aromatic nitrogens is 5. The summed E-state index contributed by atoms with van der Waals surface area (Å²) in [5, 5.41) is 16.0. The summed E-state index contributed by atoms with van der Waals surface area (Å²) in [6.45, 7) is 1.98. The van der Waals surface area contributed by atoms with Crippen molar-refractivity contribution in [1.29, 1.82) is 0 Å². The van der Waals surface area contributed by atoms with Crippen LogP contribution in [0.2, 0.25) is 0 Å². The summed E-state index contributed by atoms with van der Waals surface area (Å²) < 4.78 is 0. The van der Waals surface area contributed by atoms with Gasteiger partial charge in [-0.05, 0) is 13.0 Å². The fourth-order valence-electron chi connectivity index (χ4n) is 2.75. The quantitative estimate of drug-likeness (QED) is 0.618. The third-order valence-corrected chi connectivity index (χ3v) is 3.92. The third kappa shape index (κ3) is 3.30. The highest BCUT2D eigenvalue weighted by atomic mass is 15.2. The minimum atomic E-state index is 0.548. The Morgan fingerprint density at radius 3 is 2.04 bits per heavy atom. The monoisotopic (exact) mass is 327 g/mol. The van der Waals surface area contributed by atoms with Gasteiger partial charge in [-0.25, -0.2) is 4.98 Å². The van der Waals surface area contributed by atoms with E-state index in [4.69, 9.17) is 4.98 Å². The van der Waals surface area contributed by atoms with Gasteiger partial charge in [-0.3, -0.25) is 5.10 Å². The van der Waals surface area contributed by atoms with E-state index in [1.165, 1.54) is 0 Å².